The lowest BCUT2D eigenvalue weighted by Crippen LogP contribution is -2.15. The second-order valence-electron chi connectivity index (χ2n) is 5.31. The van der Waals surface area contributed by atoms with E-state index in [4.69, 9.17) is 11.6 Å². The third-order valence-electron chi connectivity index (χ3n) is 3.44. The summed E-state index contributed by atoms with van der Waals surface area (Å²) in [6, 6.07) is 15.6. The van der Waals surface area contributed by atoms with Gasteiger partial charge in [-0.25, -0.2) is 8.42 Å². The first-order chi connectivity index (χ1) is 12.5. The quantitative estimate of drug-likeness (QED) is 0.697. The maximum atomic E-state index is 12.4. The van der Waals surface area contributed by atoms with Crippen LogP contribution in [0.4, 0.5) is 11.4 Å². The minimum Gasteiger partial charge on any atom is -0.321 e. The van der Waals surface area contributed by atoms with Crippen LogP contribution in [0.15, 0.2) is 78.0 Å². The van der Waals surface area contributed by atoms with E-state index in [1.54, 1.807) is 36.5 Å². The van der Waals surface area contributed by atoms with Crippen LogP contribution < -0.4 is 10.0 Å². The second kappa shape index (κ2) is 7.55. The molecule has 1 aromatic heterocycles. The normalized spacial score (nSPS) is 11.0. The van der Waals surface area contributed by atoms with E-state index in [-0.39, 0.29) is 21.2 Å². The van der Waals surface area contributed by atoms with Gasteiger partial charge in [-0.05, 0) is 42.5 Å². The first kappa shape index (κ1) is 17.9. The zero-order valence-electron chi connectivity index (χ0n) is 13.4. The molecule has 1 heterocycles. The molecule has 0 saturated carbocycles. The maximum Gasteiger partial charge on any atom is 0.261 e. The Hall–Kier alpha value is -2.90. The number of carbonyl (C=O) groups is 1. The maximum absolute atomic E-state index is 12.4. The van der Waals surface area contributed by atoms with E-state index in [2.05, 4.69) is 15.0 Å². The Morgan fingerprint density at radius 3 is 2.42 bits per heavy atom. The molecular weight excluding hydrogens is 374 g/mol. The monoisotopic (exact) mass is 387 g/mol. The fourth-order valence-electron chi connectivity index (χ4n) is 2.21. The Balaban J connectivity index is 1.85. The molecule has 0 radical (unpaired) electrons. The third kappa shape index (κ3) is 4.19. The number of nitrogens with one attached hydrogen (secondary N) is 2. The number of sulfonamides is 1. The van der Waals surface area contributed by atoms with Gasteiger partial charge in [0.25, 0.3) is 15.9 Å². The Morgan fingerprint density at radius 2 is 1.73 bits per heavy atom. The number of rotatable bonds is 5. The number of hydrogen-bond acceptors (Lipinski definition) is 4. The SMILES string of the molecule is O=C(Nc1cccnc1)c1cc(NS(=O)(=O)c2ccccc2)ccc1Cl. The van der Waals surface area contributed by atoms with Crippen molar-refractivity contribution in [1.29, 1.82) is 0 Å². The van der Waals surface area contributed by atoms with Crippen LogP contribution in [0.5, 0.6) is 0 Å². The molecule has 0 aliphatic rings. The number of nitrogens with zero attached hydrogens (tertiary/aromatic N) is 1. The molecule has 2 N–H and O–H groups in total. The van der Waals surface area contributed by atoms with Gasteiger partial charge in [0.05, 0.1) is 27.4 Å². The van der Waals surface area contributed by atoms with Gasteiger partial charge in [0, 0.05) is 11.9 Å². The van der Waals surface area contributed by atoms with Gasteiger partial charge in [0.2, 0.25) is 0 Å². The molecule has 132 valence electrons. The standard InChI is InChI=1S/C18H14ClN3O3S/c19-17-9-8-13(22-26(24,25)15-6-2-1-3-7-15)11-16(17)18(23)21-14-5-4-10-20-12-14/h1-12,22H,(H,21,23). The predicted octanol–water partition coefficient (Wildman–Crippen LogP) is 3.79. The number of benzene rings is 2. The minimum atomic E-state index is -3.76. The van der Waals surface area contributed by atoms with E-state index in [9.17, 15) is 13.2 Å². The van der Waals surface area contributed by atoms with E-state index >= 15 is 0 Å². The van der Waals surface area contributed by atoms with Crippen molar-refractivity contribution >= 4 is 38.9 Å². The molecule has 1 amide bonds. The van der Waals surface area contributed by atoms with E-state index < -0.39 is 15.9 Å². The van der Waals surface area contributed by atoms with Crippen LogP contribution in [0.2, 0.25) is 5.02 Å². The average molecular weight is 388 g/mol. The van der Waals surface area contributed by atoms with E-state index in [1.165, 1.54) is 36.5 Å². The van der Waals surface area contributed by atoms with Crippen molar-refractivity contribution in [2.75, 3.05) is 10.0 Å². The lowest BCUT2D eigenvalue weighted by molar-refractivity contribution is 0.102. The Kier molecular flexibility index (Phi) is 5.20. The first-order valence-corrected chi connectivity index (χ1v) is 9.40. The fourth-order valence-corrected chi connectivity index (χ4v) is 3.49. The van der Waals surface area contributed by atoms with Gasteiger partial charge in [-0.1, -0.05) is 29.8 Å². The van der Waals surface area contributed by atoms with E-state index in [0.29, 0.717) is 5.69 Å². The lowest BCUT2D eigenvalue weighted by Gasteiger charge is -2.11. The predicted molar refractivity (Wildman–Crippen MR) is 101 cm³/mol. The van der Waals surface area contributed by atoms with Crippen molar-refractivity contribution in [2.45, 2.75) is 4.90 Å². The van der Waals surface area contributed by atoms with Crippen LogP contribution in [0.3, 0.4) is 0 Å². The van der Waals surface area contributed by atoms with Crippen LogP contribution in [-0.4, -0.2) is 19.3 Å². The number of hydrogen-bond donors (Lipinski definition) is 2. The van der Waals surface area contributed by atoms with Crippen molar-refractivity contribution in [3.63, 3.8) is 0 Å². The number of amides is 1. The third-order valence-corrected chi connectivity index (χ3v) is 5.16. The summed E-state index contributed by atoms with van der Waals surface area (Å²) < 4.78 is 27.3. The molecule has 0 unspecified atom stereocenters. The van der Waals surface area contributed by atoms with Crippen LogP contribution in [0, 0.1) is 0 Å². The van der Waals surface area contributed by atoms with Gasteiger partial charge in [-0.3, -0.25) is 14.5 Å². The number of anilines is 2. The smallest absolute Gasteiger partial charge is 0.261 e. The molecule has 26 heavy (non-hydrogen) atoms. The van der Waals surface area contributed by atoms with E-state index in [1.807, 2.05) is 0 Å². The highest BCUT2D eigenvalue weighted by molar-refractivity contribution is 7.92. The lowest BCUT2D eigenvalue weighted by atomic mass is 10.2. The summed E-state index contributed by atoms with van der Waals surface area (Å²) in [4.78, 5) is 16.5. The molecule has 3 aromatic rings. The summed E-state index contributed by atoms with van der Waals surface area (Å²) in [5.74, 6) is -0.469. The zero-order chi connectivity index (χ0) is 18.6. The van der Waals surface area contributed by atoms with Gasteiger partial charge in [-0.15, -0.1) is 0 Å². The minimum absolute atomic E-state index is 0.122. The summed E-state index contributed by atoms with van der Waals surface area (Å²) in [5.41, 5.74) is 0.877. The van der Waals surface area contributed by atoms with Gasteiger partial charge in [-0.2, -0.15) is 0 Å². The fraction of sp³-hybridized carbons (Fsp3) is 0. The van der Waals surface area contributed by atoms with Gasteiger partial charge in [0.1, 0.15) is 0 Å². The molecule has 0 aliphatic heterocycles. The molecule has 8 heteroatoms. The van der Waals surface area contributed by atoms with Gasteiger partial charge in [0.15, 0.2) is 0 Å². The molecule has 0 bridgehead atoms. The Labute approximate surface area is 155 Å². The van der Waals surface area contributed by atoms with Gasteiger partial charge < -0.3 is 5.32 Å². The van der Waals surface area contributed by atoms with Crippen LogP contribution in [-0.2, 0) is 10.0 Å². The number of carbonyl (C=O) groups excluding carboxylic acids is 1. The molecule has 6 nitrogen and oxygen atoms in total. The first-order valence-electron chi connectivity index (χ1n) is 7.54. The highest BCUT2D eigenvalue weighted by Crippen LogP contribution is 2.24. The van der Waals surface area contributed by atoms with Gasteiger partial charge >= 0.3 is 0 Å². The molecule has 0 aliphatic carbocycles. The molecule has 0 atom stereocenters. The molecule has 0 spiro atoms. The molecule has 0 fully saturated rings. The largest absolute Gasteiger partial charge is 0.321 e. The average Bonchev–Trinajstić information content (AvgIpc) is 2.64. The molecule has 2 aromatic carbocycles. The molecule has 0 saturated heterocycles. The summed E-state index contributed by atoms with van der Waals surface area (Å²) in [5, 5.41) is 2.86. The zero-order valence-corrected chi connectivity index (χ0v) is 15.0. The summed E-state index contributed by atoms with van der Waals surface area (Å²) >= 11 is 6.09. The van der Waals surface area contributed by atoms with Crippen LogP contribution in [0.25, 0.3) is 0 Å². The number of pyridine rings is 1. The highest BCUT2D eigenvalue weighted by Gasteiger charge is 2.16. The van der Waals surface area contributed by atoms with Crippen molar-refractivity contribution in [3.05, 3.63) is 83.6 Å². The van der Waals surface area contributed by atoms with Crippen LogP contribution >= 0.6 is 11.6 Å². The Morgan fingerprint density at radius 1 is 0.962 bits per heavy atom. The van der Waals surface area contributed by atoms with Crippen molar-refractivity contribution in [3.8, 4) is 0 Å². The van der Waals surface area contributed by atoms with E-state index in [0.717, 1.165) is 0 Å². The van der Waals surface area contributed by atoms with Crippen molar-refractivity contribution in [1.82, 2.24) is 4.98 Å². The Bertz CT molecular complexity index is 1030. The number of halogens is 1. The highest BCUT2D eigenvalue weighted by atomic mass is 35.5. The van der Waals surface area contributed by atoms with Crippen molar-refractivity contribution in [2.24, 2.45) is 0 Å². The summed E-state index contributed by atoms with van der Waals surface area (Å²) in [7, 11) is -3.76. The topological polar surface area (TPSA) is 88.2 Å². The second-order valence-corrected chi connectivity index (χ2v) is 7.40. The molecular formula is C18H14ClN3O3S. The van der Waals surface area contributed by atoms with Crippen LogP contribution in [0.1, 0.15) is 10.4 Å². The summed E-state index contributed by atoms with van der Waals surface area (Å²) in [6.45, 7) is 0. The summed E-state index contributed by atoms with van der Waals surface area (Å²) in [6.07, 6.45) is 3.08. The number of aromatic nitrogens is 1. The molecule has 3 rings (SSSR count). The van der Waals surface area contributed by atoms with Crippen molar-refractivity contribution < 1.29 is 13.2 Å².